The number of esters is 1. The molecular weight excluding hydrogens is 535 g/mol. The molecule has 0 radical (unpaired) electrons. The van der Waals surface area contributed by atoms with Crippen molar-refractivity contribution in [3.8, 4) is 28.2 Å². The van der Waals surface area contributed by atoms with E-state index < -0.39 is 22.8 Å². The van der Waals surface area contributed by atoms with Crippen LogP contribution in [-0.2, 0) is 28.6 Å². The quantitative estimate of drug-likeness (QED) is 0.223. The van der Waals surface area contributed by atoms with E-state index in [4.69, 9.17) is 15.0 Å². The summed E-state index contributed by atoms with van der Waals surface area (Å²) in [5.41, 5.74) is 5.33. The summed E-state index contributed by atoms with van der Waals surface area (Å²) in [7, 11) is -1.91. The van der Waals surface area contributed by atoms with Crippen LogP contribution in [0.3, 0.4) is 0 Å². The summed E-state index contributed by atoms with van der Waals surface area (Å²) in [5, 5.41) is 12.7. The van der Waals surface area contributed by atoms with Crippen molar-refractivity contribution < 1.29 is 18.1 Å². The van der Waals surface area contributed by atoms with Crippen molar-refractivity contribution >= 4 is 28.3 Å². The Morgan fingerprint density at radius 2 is 2.10 bits per heavy atom. The van der Waals surface area contributed by atoms with Crippen molar-refractivity contribution in [2.75, 3.05) is 6.61 Å². The van der Waals surface area contributed by atoms with Gasteiger partial charge in [0.25, 0.3) is 0 Å². The number of thiazole rings is 1. The maximum atomic E-state index is 14.7. The largest absolute Gasteiger partial charge is 0.461 e. The molecule has 1 unspecified atom stereocenters. The van der Waals surface area contributed by atoms with Gasteiger partial charge in [-0.2, -0.15) is 5.10 Å². The number of hydrogen-bond acceptors (Lipinski definition) is 6. The van der Waals surface area contributed by atoms with Gasteiger partial charge in [0, 0.05) is 28.5 Å². The molecule has 39 heavy (non-hydrogen) atoms. The SMILES string of the molecule is CC#Cc1cccc(-c2nn(-c3nc(C(=O)OCC)cs3)c(CC3CC3)c2Cc2ccc(S(N)=O)c(F)c2)c1. The zero-order chi connectivity index (χ0) is 27.5. The summed E-state index contributed by atoms with van der Waals surface area (Å²) in [6.45, 7) is 3.80. The van der Waals surface area contributed by atoms with Gasteiger partial charge in [-0.05, 0) is 68.9 Å². The van der Waals surface area contributed by atoms with E-state index in [0.29, 0.717) is 23.0 Å². The molecule has 0 aliphatic heterocycles. The summed E-state index contributed by atoms with van der Waals surface area (Å²) >= 11 is 1.32. The molecule has 0 amide bonds. The van der Waals surface area contributed by atoms with E-state index in [9.17, 15) is 13.4 Å². The van der Waals surface area contributed by atoms with E-state index in [1.54, 1.807) is 25.3 Å². The third kappa shape index (κ3) is 6.01. The van der Waals surface area contributed by atoms with Crippen LogP contribution in [0.2, 0.25) is 0 Å². The summed E-state index contributed by atoms with van der Waals surface area (Å²) in [4.78, 5) is 16.8. The van der Waals surface area contributed by atoms with Crippen LogP contribution in [0.15, 0.2) is 52.7 Å². The standard InChI is InChI=1S/C29H27FN4O3S2/c1-3-6-18-7-5-8-21(13-18)27-22(14-20-11-12-26(39(31)36)23(30)15-20)25(16-19-9-10-19)34(33-27)29-32-24(17-38-29)28(35)37-4-2/h5,7-8,11-13,15,17,19H,4,9-10,14,16,31H2,1-2H3. The van der Waals surface area contributed by atoms with Crippen LogP contribution in [0.5, 0.6) is 0 Å². The fourth-order valence-electron chi connectivity index (χ4n) is 4.44. The van der Waals surface area contributed by atoms with Gasteiger partial charge >= 0.3 is 5.97 Å². The Labute approximate surface area is 232 Å². The van der Waals surface area contributed by atoms with Gasteiger partial charge in [-0.15, -0.1) is 17.3 Å². The minimum absolute atomic E-state index is 0.0343. The molecule has 1 aliphatic carbocycles. The van der Waals surface area contributed by atoms with Crippen molar-refractivity contribution in [1.29, 1.82) is 0 Å². The molecule has 0 spiro atoms. The second-order valence-electron chi connectivity index (χ2n) is 9.26. The third-order valence-corrected chi connectivity index (χ3v) is 8.01. The molecule has 2 aromatic carbocycles. The molecule has 1 aliphatic rings. The molecule has 1 fully saturated rings. The first-order chi connectivity index (χ1) is 18.9. The number of aromatic nitrogens is 3. The number of benzene rings is 2. The Morgan fingerprint density at radius 1 is 1.28 bits per heavy atom. The highest BCUT2D eigenvalue weighted by Gasteiger charge is 2.29. The number of hydrogen-bond donors (Lipinski definition) is 1. The Morgan fingerprint density at radius 3 is 2.79 bits per heavy atom. The van der Waals surface area contributed by atoms with Gasteiger partial charge in [0.1, 0.15) is 16.8 Å². The maximum Gasteiger partial charge on any atom is 0.357 e. The van der Waals surface area contributed by atoms with Crippen LogP contribution in [0.1, 0.15) is 59.6 Å². The summed E-state index contributed by atoms with van der Waals surface area (Å²) in [6.07, 6.45) is 3.42. The van der Waals surface area contributed by atoms with Crippen molar-refractivity contribution in [1.82, 2.24) is 14.8 Å². The van der Waals surface area contributed by atoms with Gasteiger partial charge in [-0.25, -0.2) is 28.2 Å². The predicted molar refractivity (Wildman–Crippen MR) is 149 cm³/mol. The van der Waals surface area contributed by atoms with Crippen LogP contribution in [-0.4, -0.2) is 31.5 Å². The summed E-state index contributed by atoms with van der Waals surface area (Å²) in [6, 6.07) is 12.4. The maximum absolute atomic E-state index is 14.7. The monoisotopic (exact) mass is 562 g/mol. The van der Waals surface area contributed by atoms with Crippen molar-refractivity contribution in [2.45, 2.75) is 44.4 Å². The highest BCUT2D eigenvalue weighted by molar-refractivity contribution is 7.82. The first kappa shape index (κ1) is 26.9. The number of nitrogens with two attached hydrogens (primary N) is 1. The second-order valence-corrected chi connectivity index (χ2v) is 11.1. The molecule has 5 rings (SSSR count). The molecule has 2 aromatic heterocycles. The van der Waals surface area contributed by atoms with Gasteiger partial charge < -0.3 is 4.74 Å². The molecule has 2 N–H and O–H groups in total. The smallest absolute Gasteiger partial charge is 0.357 e. The molecule has 2 heterocycles. The van der Waals surface area contributed by atoms with E-state index in [1.165, 1.54) is 23.5 Å². The van der Waals surface area contributed by atoms with E-state index in [-0.39, 0.29) is 17.2 Å². The number of rotatable bonds is 9. The van der Waals surface area contributed by atoms with Crippen molar-refractivity contribution in [3.05, 3.63) is 81.7 Å². The minimum Gasteiger partial charge on any atom is -0.461 e. The van der Waals surface area contributed by atoms with E-state index in [1.807, 2.05) is 28.9 Å². The highest BCUT2D eigenvalue weighted by atomic mass is 32.2. The van der Waals surface area contributed by atoms with Gasteiger partial charge in [-0.3, -0.25) is 0 Å². The number of carbonyl (C=O) groups is 1. The minimum atomic E-state index is -1.91. The topological polar surface area (TPSA) is 100 Å². The molecule has 0 saturated heterocycles. The van der Waals surface area contributed by atoms with Crippen LogP contribution >= 0.6 is 11.3 Å². The molecule has 7 nitrogen and oxygen atoms in total. The van der Waals surface area contributed by atoms with Crippen LogP contribution < -0.4 is 5.14 Å². The lowest BCUT2D eigenvalue weighted by molar-refractivity contribution is 0.0520. The van der Waals surface area contributed by atoms with E-state index >= 15 is 0 Å². The second kappa shape index (κ2) is 11.6. The number of carbonyl (C=O) groups excluding carboxylic acids is 1. The number of ether oxygens (including phenoxy) is 1. The van der Waals surface area contributed by atoms with Gasteiger partial charge in [0.05, 0.1) is 22.9 Å². The Bertz CT molecular complexity index is 1630. The zero-order valence-electron chi connectivity index (χ0n) is 21.6. The van der Waals surface area contributed by atoms with Crippen molar-refractivity contribution in [2.24, 2.45) is 11.1 Å². The number of nitrogens with zero attached hydrogens (tertiary/aromatic N) is 3. The lowest BCUT2D eigenvalue weighted by atomic mass is 9.96. The van der Waals surface area contributed by atoms with Crippen LogP contribution in [0.4, 0.5) is 4.39 Å². The molecule has 0 bridgehead atoms. The fraction of sp³-hybridized carbons (Fsp3) is 0.276. The van der Waals surface area contributed by atoms with Gasteiger partial charge in [-0.1, -0.05) is 24.1 Å². The Kier molecular flexibility index (Phi) is 8.02. The lowest BCUT2D eigenvalue weighted by Crippen LogP contribution is -2.08. The molecular formula is C29H27FN4O3S2. The summed E-state index contributed by atoms with van der Waals surface area (Å²) < 4.78 is 33.4. The average Bonchev–Trinajstić information content (AvgIpc) is 3.47. The third-order valence-electron chi connectivity index (χ3n) is 6.43. The Hall–Kier alpha value is -3.65. The van der Waals surface area contributed by atoms with E-state index in [2.05, 4.69) is 16.8 Å². The average molecular weight is 563 g/mol. The number of halogens is 1. The lowest BCUT2D eigenvalue weighted by Gasteiger charge is -2.10. The first-order valence-electron chi connectivity index (χ1n) is 12.6. The van der Waals surface area contributed by atoms with Gasteiger partial charge in [0.15, 0.2) is 5.69 Å². The molecule has 4 aromatic rings. The molecule has 1 atom stereocenters. The zero-order valence-corrected chi connectivity index (χ0v) is 23.2. The molecule has 10 heteroatoms. The van der Waals surface area contributed by atoms with E-state index in [0.717, 1.165) is 47.3 Å². The van der Waals surface area contributed by atoms with Gasteiger partial charge in [0.2, 0.25) is 5.13 Å². The predicted octanol–water partition coefficient (Wildman–Crippen LogP) is 5.21. The first-order valence-corrected chi connectivity index (χ1v) is 14.7. The normalized spacial score (nSPS) is 13.5. The fourth-order valence-corrected chi connectivity index (χ4v) is 5.66. The highest BCUT2D eigenvalue weighted by Crippen LogP contribution is 2.38. The van der Waals surface area contributed by atoms with Crippen LogP contribution in [0.25, 0.3) is 16.4 Å². The summed E-state index contributed by atoms with van der Waals surface area (Å²) in [5.74, 6) is 5.47. The van der Waals surface area contributed by atoms with Crippen LogP contribution in [0, 0.1) is 23.6 Å². The molecule has 200 valence electrons. The molecule has 1 saturated carbocycles. The Balaban J connectivity index is 1.67. The van der Waals surface area contributed by atoms with Crippen molar-refractivity contribution in [3.63, 3.8) is 0 Å².